The normalized spacial score (nSPS) is 11.6. The molecule has 3 aromatic rings. The molecule has 0 amide bonds. The van der Waals surface area contributed by atoms with E-state index in [0.717, 1.165) is 27.4 Å². The molecule has 0 saturated heterocycles. The second-order valence-electron chi connectivity index (χ2n) is 5.21. The Morgan fingerprint density at radius 2 is 2.04 bits per heavy atom. The van der Waals surface area contributed by atoms with Crippen molar-refractivity contribution in [2.45, 2.75) is 19.6 Å². The number of rotatable bonds is 4. The van der Waals surface area contributed by atoms with Crippen molar-refractivity contribution in [1.29, 1.82) is 0 Å². The van der Waals surface area contributed by atoms with Crippen molar-refractivity contribution in [2.75, 3.05) is 5.32 Å². The van der Waals surface area contributed by atoms with Gasteiger partial charge in [0.05, 0.1) is 35.2 Å². The third-order valence-electron chi connectivity index (χ3n) is 3.50. The Balaban J connectivity index is 1.85. The van der Waals surface area contributed by atoms with Crippen molar-refractivity contribution in [1.82, 2.24) is 19.7 Å². The molecule has 1 N–H and O–H groups in total. The van der Waals surface area contributed by atoms with Gasteiger partial charge in [0.15, 0.2) is 5.82 Å². The SMILES string of the molecule is Cc1ncsc1CNc1cnn(-c2ccc(C(F)(F)F)cn2)c(=O)c1Cl. The molecule has 0 bridgehead atoms. The van der Waals surface area contributed by atoms with Gasteiger partial charge >= 0.3 is 6.18 Å². The minimum atomic E-state index is -4.51. The summed E-state index contributed by atoms with van der Waals surface area (Å²) in [6, 6.07) is 1.88. The van der Waals surface area contributed by atoms with E-state index < -0.39 is 17.3 Å². The topological polar surface area (TPSA) is 72.7 Å². The molecule has 3 aromatic heterocycles. The van der Waals surface area contributed by atoms with Gasteiger partial charge in [-0.15, -0.1) is 11.3 Å². The van der Waals surface area contributed by atoms with Crippen LogP contribution in [0.1, 0.15) is 16.1 Å². The van der Waals surface area contributed by atoms with Gasteiger partial charge in [-0.25, -0.2) is 9.97 Å². The van der Waals surface area contributed by atoms with Crippen molar-refractivity contribution >= 4 is 28.6 Å². The molecule has 6 nitrogen and oxygen atoms in total. The maximum atomic E-state index is 12.6. The van der Waals surface area contributed by atoms with Gasteiger partial charge in [0.2, 0.25) is 0 Å². The molecule has 26 heavy (non-hydrogen) atoms. The van der Waals surface area contributed by atoms with Crippen LogP contribution in [0.15, 0.2) is 34.8 Å². The molecule has 0 atom stereocenters. The molecule has 0 unspecified atom stereocenters. The summed E-state index contributed by atoms with van der Waals surface area (Å²) in [7, 11) is 0. The lowest BCUT2D eigenvalue weighted by atomic mass is 10.3. The zero-order valence-electron chi connectivity index (χ0n) is 13.2. The lowest BCUT2D eigenvalue weighted by Gasteiger charge is -2.10. The number of anilines is 1. The first kappa shape index (κ1) is 18.3. The van der Waals surface area contributed by atoms with Crippen LogP contribution >= 0.6 is 22.9 Å². The Kier molecular flexibility index (Phi) is 4.97. The van der Waals surface area contributed by atoms with E-state index in [4.69, 9.17) is 11.6 Å². The maximum absolute atomic E-state index is 12.6. The Bertz CT molecular complexity index is 984. The highest BCUT2D eigenvalue weighted by Gasteiger charge is 2.30. The van der Waals surface area contributed by atoms with Crippen molar-refractivity contribution in [3.8, 4) is 5.82 Å². The quantitative estimate of drug-likeness (QED) is 0.722. The number of aromatic nitrogens is 4. The second kappa shape index (κ2) is 7.04. The monoisotopic (exact) mass is 401 g/mol. The summed E-state index contributed by atoms with van der Waals surface area (Å²) in [5.74, 6) is -0.0604. The number of thiazole rings is 1. The molecule has 3 heterocycles. The molecule has 0 aliphatic carbocycles. The van der Waals surface area contributed by atoms with E-state index in [1.807, 2.05) is 6.92 Å². The smallest absolute Gasteiger partial charge is 0.377 e. The highest BCUT2D eigenvalue weighted by Crippen LogP contribution is 2.28. The summed E-state index contributed by atoms with van der Waals surface area (Å²) in [4.78, 5) is 21.1. The summed E-state index contributed by atoms with van der Waals surface area (Å²) >= 11 is 7.54. The van der Waals surface area contributed by atoms with Crippen molar-refractivity contribution in [3.05, 3.63) is 61.5 Å². The van der Waals surface area contributed by atoms with Crippen molar-refractivity contribution < 1.29 is 13.2 Å². The molecule has 0 spiro atoms. The molecular formula is C15H11ClF3N5OS. The highest BCUT2D eigenvalue weighted by molar-refractivity contribution is 7.09. The van der Waals surface area contributed by atoms with Crippen LogP contribution in [0.3, 0.4) is 0 Å². The number of nitrogens with zero attached hydrogens (tertiary/aromatic N) is 4. The van der Waals surface area contributed by atoms with Gasteiger partial charge in [-0.3, -0.25) is 4.79 Å². The first-order valence-corrected chi connectivity index (χ1v) is 8.47. The summed E-state index contributed by atoms with van der Waals surface area (Å²) in [5, 5.41) is 6.79. The second-order valence-corrected chi connectivity index (χ2v) is 6.52. The lowest BCUT2D eigenvalue weighted by Crippen LogP contribution is -2.23. The van der Waals surface area contributed by atoms with Crippen LogP contribution in [-0.4, -0.2) is 19.7 Å². The number of alkyl halides is 3. The van der Waals surface area contributed by atoms with Gasteiger partial charge in [-0.05, 0) is 19.1 Å². The van der Waals surface area contributed by atoms with E-state index in [0.29, 0.717) is 18.4 Å². The fourth-order valence-corrected chi connectivity index (χ4v) is 2.98. The first-order chi connectivity index (χ1) is 12.3. The van der Waals surface area contributed by atoms with Crippen LogP contribution < -0.4 is 10.9 Å². The van der Waals surface area contributed by atoms with Crippen molar-refractivity contribution in [3.63, 3.8) is 0 Å². The molecule has 0 aliphatic heterocycles. The van der Waals surface area contributed by atoms with Gasteiger partial charge < -0.3 is 5.32 Å². The third kappa shape index (κ3) is 3.70. The van der Waals surface area contributed by atoms with E-state index >= 15 is 0 Å². The Labute approximate surface area is 154 Å². The Morgan fingerprint density at radius 1 is 1.27 bits per heavy atom. The summed E-state index contributed by atoms with van der Waals surface area (Å²) in [6.45, 7) is 2.28. The molecule has 0 aromatic carbocycles. The molecule has 0 fully saturated rings. The molecule has 0 saturated carbocycles. The van der Waals surface area contributed by atoms with Crippen LogP contribution in [0.2, 0.25) is 5.02 Å². The van der Waals surface area contributed by atoms with Crippen LogP contribution in [0.25, 0.3) is 5.82 Å². The predicted octanol–water partition coefficient (Wildman–Crippen LogP) is 3.68. The number of hydrogen-bond acceptors (Lipinski definition) is 6. The van der Waals surface area contributed by atoms with Crippen LogP contribution in [0.4, 0.5) is 18.9 Å². The summed E-state index contributed by atoms with van der Waals surface area (Å²) in [5.41, 5.74) is 1.28. The Hall–Kier alpha value is -2.46. The lowest BCUT2D eigenvalue weighted by molar-refractivity contribution is -0.137. The van der Waals surface area contributed by atoms with Crippen molar-refractivity contribution in [2.24, 2.45) is 0 Å². The van der Waals surface area contributed by atoms with E-state index in [9.17, 15) is 18.0 Å². The molecule has 0 aliphatic rings. The van der Waals surface area contributed by atoms with Gasteiger partial charge in [0.1, 0.15) is 5.02 Å². The summed E-state index contributed by atoms with van der Waals surface area (Å²) < 4.78 is 38.6. The number of hydrogen-bond donors (Lipinski definition) is 1. The van der Waals surface area contributed by atoms with Gasteiger partial charge in [-0.1, -0.05) is 11.6 Å². The van der Waals surface area contributed by atoms with E-state index in [2.05, 4.69) is 20.4 Å². The van der Waals surface area contributed by atoms with Gasteiger partial charge in [-0.2, -0.15) is 23.0 Å². The van der Waals surface area contributed by atoms with Crippen LogP contribution in [-0.2, 0) is 12.7 Å². The zero-order valence-corrected chi connectivity index (χ0v) is 14.8. The van der Waals surface area contributed by atoms with E-state index in [-0.39, 0.29) is 10.8 Å². The van der Waals surface area contributed by atoms with E-state index in [1.54, 1.807) is 5.51 Å². The van der Waals surface area contributed by atoms with Gasteiger partial charge in [0, 0.05) is 11.1 Å². The first-order valence-electron chi connectivity index (χ1n) is 7.21. The minimum Gasteiger partial charge on any atom is -0.377 e. The largest absolute Gasteiger partial charge is 0.417 e. The summed E-state index contributed by atoms with van der Waals surface area (Å²) in [6.07, 6.45) is -2.56. The zero-order chi connectivity index (χ0) is 18.9. The molecule has 3 rings (SSSR count). The molecule has 0 radical (unpaired) electrons. The standard InChI is InChI=1S/C15H11ClF3N5OS/c1-8-11(26-7-22-8)6-20-10-5-23-24(14(25)13(10)16)12-3-2-9(4-21-12)15(17,18)19/h2-5,7,20H,6H2,1H3. The molecular weight excluding hydrogens is 391 g/mol. The number of halogens is 4. The van der Waals surface area contributed by atoms with Crippen LogP contribution in [0.5, 0.6) is 0 Å². The number of aryl methyl sites for hydroxylation is 1. The third-order valence-corrected chi connectivity index (χ3v) is 4.80. The fraction of sp³-hybridized carbons (Fsp3) is 0.200. The molecule has 136 valence electrons. The van der Waals surface area contributed by atoms with E-state index in [1.165, 1.54) is 17.5 Å². The van der Waals surface area contributed by atoms with Gasteiger partial charge in [0.25, 0.3) is 5.56 Å². The average molecular weight is 402 g/mol. The highest BCUT2D eigenvalue weighted by atomic mass is 35.5. The number of nitrogens with one attached hydrogen (secondary N) is 1. The number of pyridine rings is 1. The molecule has 11 heteroatoms. The average Bonchev–Trinajstić information content (AvgIpc) is 3.01. The maximum Gasteiger partial charge on any atom is 0.417 e. The fourth-order valence-electron chi connectivity index (χ4n) is 2.07. The predicted molar refractivity (Wildman–Crippen MR) is 91.8 cm³/mol. The Morgan fingerprint density at radius 3 is 2.62 bits per heavy atom. The minimum absolute atomic E-state index is 0.0604. The van der Waals surface area contributed by atoms with Crippen LogP contribution in [0, 0.1) is 6.92 Å².